The van der Waals surface area contributed by atoms with E-state index in [1.165, 1.54) is 0 Å². The number of aliphatic hydroxyl groups is 2. The number of nitrogens with two attached hydrogens (primary N) is 1. The highest BCUT2D eigenvalue weighted by Crippen LogP contribution is 2.53. The van der Waals surface area contributed by atoms with E-state index in [1.807, 2.05) is 48.5 Å². The lowest BCUT2D eigenvalue weighted by Crippen LogP contribution is -2.66. The molecule has 0 radical (unpaired) electrons. The third kappa shape index (κ3) is 5.24. The molecule has 1 aromatic heterocycles. The first-order valence-corrected chi connectivity index (χ1v) is 14.3. The van der Waals surface area contributed by atoms with Gasteiger partial charge in [0.15, 0.2) is 0 Å². The Morgan fingerprint density at radius 1 is 1.25 bits per heavy atom. The highest BCUT2D eigenvalue weighted by molar-refractivity contribution is 6.33. The van der Waals surface area contributed by atoms with Crippen molar-refractivity contribution in [3.05, 3.63) is 65.3 Å². The second kappa shape index (κ2) is 12.1. The number of hydrogen-bond donors (Lipinski definition) is 3. The van der Waals surface area contributed by atoms with Gasteiger partial charge in [0.25, 0.3) is 0 Å². The highest BCUT2D eigenvalue weighted by atomic mass is 35.5. The van der Waals surface area contributed by atoms with Crippen molar-refractivity contribution in [1.29, 1.82) is 0 Å². The molecule has 5 atom stereocenters. The van der Waals surface area contributed by atoms with Gasteiger partial charge in [-0.25, -0.2) is 0 Å². The quantitative estimate of drug-likeness (QED) is 0.251. The Labute approximate surface area is 240 Å². The Kier molecular flexibility index (Phi) is 8.75. The van der Waals surface area contributed by atoms with Gasteiger partial charge >= 0.3 is 0 Å². The first-order chi connectivity index (χ1) is 19.3. The molecule has 2 fully saturated rings. The van der Waals surface area contributed by atoms with E-state index in [-0.39, 0.29) is 19.1 Å². The number of ether oxygens (including phenoxy) is 2. The molecule has 40 heavy (non-hydrogen) atoms. The fraction of sp³-hybridized carbons (Fsp3) is 0.484. The molecule has 2 aliphatic rings. The molecule has 1 aliphatic heterocycles. The van der Waals surface area contributed by atoms with Crippen LogP contribution in [0.25, 0.3) is 22.0 Å². The molecule has 3 aromatic rings. The average molecular weight is 568 g/mol. The summed E-state index contributed by atoms with van der Waals surface area (Å²) in [6.07, 6.45) is 4.38. The van der Waals surface area contributed by atoms with Crippen LogP contribution in [0.1, 0.15) is 37.7 Å². The van der Waals surface area contributed by atoms with Crippen molar-refractivity contribution in [2.75, 3.05) is 33.4 Å². The number of aromatic nitrogens is 1. The Hall–Kier alpha value is -2.59. The summed E-state index contributed by atoms with van der Waals surface area (Å²) in [7, 11) is 1.66. The van der Waals surface area contributed by atoms with Crippen LogP contribution in [0.15, 0.2) is 54.7 Å². The number of pyridine rings is 1. The second-order valence-electron chi connectivity index (χ2n) is 11.1. The topological polar surface area (TPSA) is 118 Å². The monoisotopic (exact) mass is 567 g/mol. The summed E-state index contributed by atoms with van der Waals surface area (Å²) in [5.74, 6) is -0.297. The minimum Gasteiger partial charge on any atom is -0.392 e. The maximum Gasteiger partial charge on any atom is 0.209 e. The number of morpholine rings is 1. The van der Waals surface area contributed by atoms with Crippen LogP contribution in [0.4, 0.5) is 0 Å². The number of carbonyl (C=O) groups excluding carboxylic acids is 1. The predicted octanol–water partition coefficient (Wildman–Crippen LogP) is 3.89. The average Bonchev–Trinajstić information content (AvgIpc) is 3.32. The molecule has 0 spiro atoms. The lowest BCUT2D eigenvalue weighted by atomic mass is 9.65. The van der Waals surface area contributed by atoms with E-state index in [2.05, 4.69) is 4.98 Å². The van der Waals surface area contributed by atoms with E-state index < -0.39 is 23.3 Å². The number of rotatable bonds is 10. The van der Waals surface area contributed by atoms with Crippen LogP contribution in [0, 0.1) is 5.92 Å². The first kappa shape index (κ1) is 28.9. The van der Waals surface area contributed by atoms with Gasteiger partial charge in [-0.3, -0.25) is 9.78 Å². The Morgan fingerprint density at radius 3 is 2.83 bits per heavy atom. The number of halogens is 1. The summed E-state index contributed by atoms with van der Waals surface area (Å²) in [4.78, 5) is 18.4. The molecule has 1 amide bonds. The lowest BCUT2D eigenvalue weighted by Gasteiger charge is -2.55. The summed E-state index contributed by atoms with van der Waals surface area (Å²) >= 11 is 6.92. The number of methoxy groups -OCH3 is 1. The third-order valence-corrected chi connectivity index (χ3v) is 9.05. The maximum absolute atomic E-state index is 13.2. The van der Waals surface area contributed by atoms with Crippen molar-refractivity contribution >= 4 is 28.9 Å². The standard InChI is InChI=1S/C31H38ClN3O5/c1-39-13-5-4-11-30(38,31(19-35(20-36)12-14-40-31)23-16-26(33)28(37)17-23)24-8-6-9-25(32)29(24)22-15-21-7-2-3-10-27(21)34-18-22/h2-3,6-10,15,18,20,23,26,28,37-38H,4-5,11-14,16-17,19,33H2,1H3/t23-,26+,28-,30-,31-/m0/s1. The second-order valence-corrected chi connectivity index (χ2v) is 11.5. The number of unbranched alkanes of at least 4 members (excludes halogenated alkanes) is 1. The van der Waals surface area contributed by atoms with Crippen LogP contribution < -0.4 is 5.73 Å². The van der Waals surface area contributed by atoms with E-state index in [0.29, 0.717) is 55.0 Å². The summed E-state index contributed by atoms with van der Waals surface area (Å²) in [5, 5.41) is 25.3. The van der Waals surface area contributed by atoms with Crippen molar-refractivity contribution < 1.29 is 24.5 Å². The number of benzene rings is 2. The molecule has 0 unspecified atom stereocenters. The van der Waals surface area contributed by atoms with Crippen molar-refractivity contribution in [1.82, 2.24) is 9.88 Å². The van der Waals surface area contributed by atoms with Crippen molar-refractivity contribution in [3.8, 4) is 11.1 Å². The smallest absolute Gasteiger partial charge is 0.209 e. The van der Waals surface area contributed by atoms with Crippen LogP contribution in [0.3, 0.4) is 0 Å². The van der Waals surface area contributed by atoms with E-state index >= 15 is 0 Å². The molecular weight excluding hydrogens is 530 g/mol. The Balaban J connectivity index is 1.71. The van der Waals surface area contributed by atoms with Gasteiger partial charge < -0.3 is 30.3 Å². The van der Waals surface area contributed by atoms with Gasteiger partial charge in [0.05, 0.1) is 24.8 Å². The number of para-hydroxylation sites is 1. The number of fused-ring (bicyclic) bond motifs is 1. The number of carbonyl (C=O) groups is 1. The minimum absolute atomic E-state index is 0.170. The molecule has 2 aromatic carbocycles. The van der Waals surface area contributed by atoms with Crippen molar-refractivity contribution in [2.45, 2.75) is 55.5 Å². The van der Waals surface area contributed by atoms with Gasteiger partial charge in [-0.1, -0.05) is 41.9 Å². The fourth-order valence-corrected chi connectivity index (χ4v) is 6.98. The van der Waals surface area contributed by atoms with Crippen LogP contribution in [0.5, 0.6) is 0 Å². The van der Waals surface area contributed by atoms with Gasteiger partial charge in [-0.2, -0.15) is 0 Å². The van der Waals surface area contributed by atoms with Crippen LogP contribution >= 0.6 is 11.6 Å². The van der Waals surface area contributed by atoms with Gasteiger partial charge in [-0.05, 0) is 61.8 Å². The molecular formula is C31H38ClN3O5. The van der Waals surface area contributed by atoms with Gasteiger partial charge in [0.2, 0.25) is 6.41 Å². The highest BCUT2D eigenvalue weighted by Gasteiger charge is 2.61. The summed E-state index contributed by atoms with van der Waals surface area (Å²) < 4.78 is 12.0. The molecule has 1 saturated heterocycles. The van der Waals surface area contributed by atoms with Gasteiger partial charge in [0.1, 0.15) is 11.2 Å². The fourth-order valence-electron chi connectivity index (χ4n) is 6.70. The van der Waals surface area contributed by atoms with Crippen LogP contribution in [-0.4, -0.2) is 77.7 Å². The minimum atomic E-state index is -1.58. The molecule has 1 saturated carbocycles. The van der Waals surface area contributed by atoms with Crippen LogP contribution in [0.2, 0.25) is 5.02 Å². The lowest BCUT2D eigenvalue weighted by molar-refractivity contribution is -0.246. The normalized spacial score (nSPS) is 26.6. The molecule has 5 rings (SSSR count). The zero-order chi connectivity index (χ0) is 28.3. The number of nitrogens with zero attached hydrogens (tertiary/aromatic N) is 2. The Bertz CT molecular complexity index is 1330. The van der Waals surface area contributed by atoms with Crippen molar-refractivity contribution in [2.24, 2.45) is 11.7 Å². The van der Waals surface area contributed by atoms with Gasteiger partial charge in [-0.15, -0.1) is 0 Å². The van der Waals surface area contributed by atoms with E-state index in [4.69, 9.17) is 26.8 Å². The third-order valence-electron chi connectivity index (χ3n) is 8.74. The number of amides is 1. The molecule has 0 bridgehead atoms. The predicted molar refractivity (Wildman–Crippen MR) is 155 cm³/mol. The van der Waals surface area contributed by atoms with E-state index in [0.717, 1.165) is 29.3 Å². The SMILES string of the molecule is COCCCC[C@](O)(c1cccc(Cl)c1-c1cnc2ccccc2c1)[C@@]1([C@H]2C[C@@H](N)[C@@H](O)C2)CN(C=O)CCO1. The Morgan fingerprint density at radius 2 is 2.08 bits per heavy atom. The zero-order valence-electron chi connectivity index (χ0n) is 22.8. The molecule has 2 heterocycles. The molecule has 8 nitrogen and oxygen atoms in total. The first-order valence-electron chi connectivity index (χ1n) is 14.0. The maximum atomic E-state index is 13.2. The summed E-state index contributed by atoms with van der Waals surface area (Å²) in [6, 6.07) is 15.0. The molecule has 1 aliphatic carbocycles. The largest absolute Gasteiger partial charge is 0.392 e. The van der Waals surface area contributed by atoms with Gasteiger partial charge in [0, 0.05) is 54.0 Å². The number of hydrogen-bond acceptors (Lipinski definition) is 7. The van der Waals surface area contributed by atoms with Crippen LogP contribution in [-0.2, 0) is 19.9 Å². The van der Waals surface area contributed by atoms with E-state index in [1.54, 1.807) is 18.2 Å². The number of aliphatic hydroxyl groups excluding tert-OH is 1. The zero-order valence-corrected chi connectivity index (χ0v) is 23.6. The van der Waals surface area contributed by atoms with E-state index in [9.17, 15) is 15.0 Å². The molecule has 9 heteroatoms. The molecule has 4 N–H and O–H groups in total. The molecule has 214 valence electrons. The summed E-state index contributed by atoms with van der Waals surface area (Å²) in [5.41, 5.74) is 6.41. The van der Waals surface area contributed by atoms with Crippen molar-refractivity contribution in [3.63, 3.8) is 0 Å². The summed E-state index contributed by atoms with van der Waals surface area (Å²) in [6.45, 7) is 1.40.